The van der Waals surface area contributed by atoms with Crippen LogP contribution in [-0.2, 0) is 4.65 Å². The Hall–Kier alpha value is -1.76. The maximum atomic E-state index is 10.3. The van der Waals surface area contributed by atoms with E-state index >= 15 is 0 Å². The highest BCUT2D eigenvalue weighted by molar-refractivity contribution is 8.01. The molecule has 4 nitrogen and oxygen atoms in total. The Labute approximate surface area is 173 Å². The molecule has 0 aliphatic rings. The standard InChI is InChI=1S/C22H30BN2O2S/c1-8-9-10-11-12-17(3)28-25-16(2)15-18-19(13-14-24-20(18)25)23-27-22(6,7)21(4,5)26/h8-15,26H,1-7H3/b9-8-,11-10-,17-12+. The molecule has 0 atom stereocenters. The van der Waals surface area contributed by atoms with Gasteiger partial charge in [-0.2, -0.15) is 0 Å². The summed E-state index contributed by atoms with van der Waals surface area (Å²) in [7, 11) is 1.72. The maximum Gasteiger partial charge on any atom is 0.331 e. The number of hydrogen-bond acceptors (Lipinski definition) is 4. The van der Waals surface area contributed by atoms with Gasteiger partial charge in [-0.15, -0.1) is 0 Å². The summed E-state index contributed by atoms with van der Waals surface area (Å²) in [5.74, 6) is 0. The molecule has 0 spiro atoms. The number of fused-ring (bicyclic) bond motifs is 1. The second kappa shape index (κ2) is 9.16. The summed E-state index contributed by atoms with van der Waals surface area (Å²) in [5.41, 5.74) is 1.27. The second-order valence-electron chi connectivity index (χ2n) is 7.80. The lowest BCUT2D eigenvalue weighted by Crippen LogP contribution is -2.49. The van der Waals surface area contributed by atoms with Gasteiger partial charge in [0, 0.05) is 22.2 Å². The van der Waals surface area contributed by atoms with Crippen molar-refractivity contribution in [3.8, 4) is 0 Å². The first-order valence-corrected chi connectivity index (χ1v) is 10.2. The molecule has 0 unspecified atom stereocenters. The first-order valence-electron chi connectivity index (χ1n) is 9.42. The predicted octanol–water partition coefficient (Wildman–Crippen LogP) is 4.69. The SMILES string of the molecule is C\C=C/C=C\C=C(/C)Sn1c(C)cc2c([B]OC(C)(C)C(C)(C)O)ccnc21. The highest BCUT2D eigenvalue weighted by atomic mass is 32.2. The first kappa shape index (κ1) is 22.5. The van der Waals surface area contributed by atoms with Gasteiger partial charge in [-0.1, -0.05) is 30.4 Å². The normalized spacial score (nSPS) is 13.9. The number of rotatable bonds is 8. The number of hydrogen-bond donors (Lipinski definition) is 1. The largest absolute Gasteiger partial charge is 0.427 e. The topological polar surface area (TPSA) is 47.3 Å². The number of aromatic nitrogens is 2. The van der Waals surface area contributed by atoms with Crippen molar-refractivity contribution >= 4 is 35.9 Å². The summed E-state index contributed by atoms with van der Waals surface area (Å²) >= 11 is 1.65. The van der Waals surface area contributed by atoms with Crippen LogP contribution in [0, 0.1) is 6.92 Å². The van der Waals surface area contributed by atoms with Gasteiger partial charge in [0.25, 0.3) is 0 Å². The molecule has 0 bridgehead atoms. The van der Waals surface area contributed by atoms with Crippen LogP contribution in [0.5, 0.6) is 0 Å². The maximum absolute atomic E-state index is 10.3. The molecule has 2 aromatic rings. The van der Waals surface area contributed by atoms with Gasteiger partial charge in [-0.25, -0.2) is 4.98 Å². The smallest absolute Gasteiger partial charge is 0.331 e. The predicted molar refractivity (Wildman–Crippen MR) is 122 cm³/mol. The van der Waals surface area contributed by atoms with E-state index in [0.29, 0.717) is 0 Å². The van der Waals surface area contributed by atoms with E-state index in [0.717, 1.165) is 27.1 Å². The van der Waals surface area contributed by atoms with E-state index < -0.39 is 11.2 Å². The van der Waals surface area contributed by atoms with Crippen molar-refractivity contribution in [1.29, 1.82) is 0 Å². The first-order chi connectivity index (χ1) is 13.1. The van der Waals surface area contributed by atoms with Gasteiger partial charge in [0.2, 0.25) is 0 Å². The summed E-state index contributed by atoms with van der Waals surface area (Å²) in [6, 6.07) is 4.05. The Morgan fingerprint density at radius 1 is 1.25 bits per heavy atom. The molecule has 2 rings (SSSR count). The lowest BCUT2D eigenvalue weighted by atomic mass is 9.82. The lowest BCUT2D eigenvalue weighted by Gasteiger charge is -2.37. The molecule has 0 aromatic carbocycles. The Bertz CT molecular complexity index is 905. The molecule has 0 aliphatic carbocycles. The Balaban J connectivity index is 2.28. The third-order valence-corrected chi connectivity index (χ3v) is 5.87. The van der Waals surface area contributed by atoms with E-state index in [-0.39, 0.29) is 0 Å². The van der Waals surface area contributed by atoms with E-state index in [1.54, 1.807) is 39.5 Å². The molecule has 0 amide bonds. The summed E-state index contributed by atoms with van der Waals surface area (Å²) in [4.78, 5) is 5.74. The fraction of sp³-hybridized carbons (Fsp3) is 0.409. The quantitative estimate of drug-likeness (QED) is 0.519. The van der Waals surface area contributed by atoms with E-state index in [4.69, 9.17) is 4.65 Å². The van der Waals surface area contributed by atoms with Crippen LogP contribution in [0.1, 0.15) is 47.2 Å². The lowest BCUT2D eigenvalue weighted by molar-refractivity contribution is -0.0893. The zero-order valence-electron chi connectivity index (χ0n) is 17.9. The van der Waals surface area contributed by atoms with Gasteiger partial charge in [-0.3, -0.25) is 3.97 Å². The van der Waals surface area contributed by atoms with Crippen LogP contribution < -0.4 is 5.46 Å². The van der Waals surface area contributed by atoms with Crippen LogP contribution >= 0.6 is 11.9 Å². The van der Waals surface area contributed by atoms with E-state index in [1.165, 1.54) is 0 Å². The minimum atomic E-state index is -0.963. The average Bonchev–Trinajstić information content (AvgIpc) is 2.92. The molecule has 0 saturated heterocycles. The molecular weight excluding hydrogens is 367 g/mol. The van der Waals surface area contributed by atoms with Crippen molar-refractivity contribution in [2.45, 2.75) is 59.7 Å². The van der Waals surface area contributed by atoms with E-state index in [9.17, 15) is 5.11 Å². The molecule has 6 heteroatoms. The Morgan fingerprint density at radius 2 is 1.96 bits per heavy atom. The minimum Gasteiger partial charge on any atom is -0.427 e. The summed E-state index contributed by atoms with van der Waals surface area (Å²) in [5, 5.41) is 11.3. The number of aryl methyl sites for hydroxylation is 1. The highest BCUT2D eigenvalue weighted by Crippen LogP contribution is 2.28. The molecule has 0 fully saturated rings. The van der Waals surface area contributed by atoms with Gasteiger partial charge in [0.1, 0.15) is 5.65 Å². The zero-order valence-corrected chi connectivity index (χ0v) is 18.7. The van der Waals surface area contributed by atoms with Gasteiger partial charge in [0.05, 0.1) is 11.2 Å². The molecule has 28 heavy (non-hydrogen) atoms. The molecule has 2 aromatic heterocycles. The molecule has 0 saturated carbocycles. The molecule has 1 radical (unpaired) electrons. The summed E-state index contributed by atoms with van der Waals surface area (Å²) in [6.07, 6.45) is 11.9. The van der Waals surface area contributed by atoms with Crippen molar-refractivity contribution in [3.63, 3.8) is 0 Å². The number of pyridine rings is 1. The molecule has 149 valence electrons. The number of allylic oxidation sites excluding steroid dienone is 6. The molecule has 2 heterocycles. The second-order valence-corrected chi connectivity index (χ2v) is 8.99. The van der Waals surface area contributed by atoms with Crippen molar-refractivity contribution < 1.29 is 9.76 Å². The Kier molecular flexibility index (Phi) is 7.37. The van der Waals surface area contributed by atoms with Crippen LogP contribution in [0.4, 0.5) is 0 Å². The molecular formula is C22H30BN2O2S. The number of nitrogens with zero attached hydrogens (tertiary/aromatic N) is 2. The summed E-state index contributed by atoms with van der Waals surface area (Å²) in [6.45, 7) is 13.4. The fourth-order valence-corrected chi connectivity index (χ4v) is 3.19. The van der Waals surface area contributed by atoms with E-state index in [1.807, 2.05) is 51.1 Å². The van der Waals surface area contributed by atoms with Gasteiger partial charge in [0.15, 0.2) is 0 Å². The zero-order chi connectivity index (χ0) is 20.9. The van der Waals surface area contributed by atoms with Crippen LogP contribution in [-0.4, -0.2) is 32.7 Å². The van der Waals surface area contributed by atoms with Crippen LogP contribution in [0.25, 0.3) is 11.0 Å². The third kappa shape index (κ3) is 5.40. The Morgan fingerprint density at radius 3 is 2.61 bits per heavy atom. The molecule has 1 N–H and O–H groups in total. The third-order valence-electron chi connectivity index (χ3n) is 4.80. The summed E-state index contributed by atoms with van der Waals surface area (Å²) < 4.78 is 8.08. The van der Waals surface area contributed by atoms with Crippen molar-refractivity contribution in [2.24, 2.45) is 0 Å². The average molecular weight is 397 g/mol. The minimum absolute atomic E-state index is 0.715. The van der Waals surface area contributed by atoms with Crippen molar-refractivity contribution in [2.75, 3.05) is 0 Å². The highest BCUT2D eigenvalue weighted by Gasteiger charge is 2.35. The van der Waals surface area contributed by atoms with Crippen molar-refractivity contribution in [3.05, 3.63) is 59.3 Å². The van der Waals surface area contributed by atoms with Gasteiger partial charge >= 0.3 is 7.48 Å². The van der Waals surface area contributed by atoms with Gasteiger partial charge in [-0.05, 0) is 78.0 Å². The number of aliphatic hydroxyl groups is 1. The monoisotopic (exact) mass is 397 g/mol. The van der Waals surface area contributed by atoms with Crippen LogP contribution in [0.3, 0.4) is 0 Å². The molecule has 0 aliphatic heterocycles. The fourth-order valence-electron chi connectivity index (χ4n) is 2.33. The van der Waals surface area contributed by atoms with Gasteiger partial charge < -0.3 is 9.76 Å². The van der Waals surface area contributed by atoms with Crippen LogP contribution in [0.15, 0.2) is 53.6 Å². The van der Waals surface area contributed by atoms with E-state index in [2.05, 4.69) is 34.9 Å². The van der Waals surface area contributed by atoms with Crippen LogP contribution in [0.2, 0.25) is 0 Å². The van der Waals surface area contributed by atoms with Crippen molar-refractivity contribution in [1.82, 2.24) is 8.96 Å².